The predicted molar refractivity (Wildman–Crippen MR) is 110 cm³/mol. The minimum absolute atomic E-state index is 0.129. The van der Waals surface area contributed by atoms with Gasteiger partial charge in [0.05, 0.1) is 37.1 Å². The summed E-state index contributed by atoms with van der Waals surface area (Å²) in [6.45, 7) is 1.84. The number of aryl methyl sites for hydroxylation is 1. The molecule has 0 bridgehead atoms. The van der Waals surface area contributed by atoms with Crippen LogP contribution in [0.1, 0.15) is 5.56 Å². The summed E-state index contributed by atoms with van der Waals surface area (Å²) >= 11 is 7.27. The number of hydrogen-bond donors (Lipinski definition) is 2. The average Bonchev–Trinajstić information content (AvgIpc) is 2.65. The lowest BCUT2D eigenvalue weighted by Gasteiger charge is -2.12. The molecular weight excluding hydrogens is 388 g/mol. The zero-order valence-electron chi connectivity index (χ0n) is 15.3. The monoisotopic (exact) mass is 408 g/mol. The number of ether oxygens (including phenoxy) is 2. The van der Waals surface area contributed by atoms with Gasteiger partial charge in [0.15, 0.2) is 0 Å². The summed E-state index contributed by atoms with van der Waals surface area (Å²) in [5.74, 6) is 0.894. The van der Waals surface area contributed by atoms with Crippen LogP contribution in [0.4, 0.5) is 11.4 Å². The van der Waals surface area contributed by atoms with Gasteiger partial charge in [0.1, 0.15) is 11.5 Å². The molecule has 0 aliphatic heterocycles. The van der Waals surface area contributed by atoms with Crippen LogP contribution in [0.25, 0.3) is 0 Å². The zero-order valence-corrected chi connectivity index (χ0v) is 16.9. The quantitative estimate of drug-likeness (QED) is 0.691. The van der Waals surface area contributed by atoms with Crippen LogP contribution >= 0.6 is 23.4 Å². The summed E-state index contributed by atoms with van der Waals surface area (Å²) in [6.07, 6.45) is 0. The lowest BCUT2D eigenvalue weighted by Crippen LogP contribution is -2.19. The topological polar surface area (TPSA) is 76.7 Å². The second-order valence-corrected chi connectivity index (χ2v) is 6.98. The van der Waals surface area contributed by atoms with Crippen LogP contribution in [0, 0.1) is 6.92 Å². The van der Waals surface area contributed by atoms with Crippen molar-refractivity contribution in [3.63, 3.8) is 0 Å². The van der Waals surface area contributed by atoms with E-state index in [1.165, 1.54) is 26.0 Å². The van der Waals surface area contributed by atoms with Gasteiger partial charge in [0.25, 0.3) is 0 Å². The van der Waals surface area contributed by atoms with E-state index in [9.17, 15) is 9.59 Å². The highest BCUT2D eigenvalue weighted by molar-refractivity contribution is 8.00. The second kappa shape index (κ2) is 10.1. The number of methoxy groups -OCH3 is 2. The first-order chi connectivity index (χ1) is 12.9. The van der Waals surface area contributed by atoms with Crippen LogP contribution in [0.5, 0.6) is 11.5 Å². The maximum atomic E-state index is 12.1. The molecule has 2 aromatic rings. The van der Waals surface area contributed by atoms with E-state index in [4.69, 9.17) is 21.1 Å². The van der Waals surface area contributed by atoms with Crippen molar-refractivity contribution in [2.75, 3.05) is 36.4 Å². The lowest BCUT2D eigenvalue weighted by atomic mass is 10.2. The van der Waals surface area contributed by atoms with Gasteiger partial charge in [0.2, 0.25) is 11.8 Å². The Kier molecular flexibility index (Phi) is 7.82. The van der Waals surface area contributed by atoms with Gasteiger partial charge in [-0.3, -0.25) is 9.59 Å². The predicted octanol–water partition coefficient (Wildman–Crippen LogP) is 3.98. The summed E-state index contributed by atoms with van der Waals surface area (Å²) in [5.41, 5.74) is 1.97. The minimum atomic E-state index is -0.231. The van der Waals surface area contributed by atoms with E-state index < -0.39 is 0 Å². The average molecular weight is 409 g/mol. The molecule has 0 fully saturated rings. The molecule has 0 radical (unpaired) electrons. The van der Waals surface area contributed by atoms with Gasteiger partial charge < -0.3 is 20.1 Å². The fraction of sp³-hybridized carbons (Fsp3) is 0.263. The van der Waals surface area contributed by atoms with E-state index in [1.54, 1.807) is 30.3 Å². The normalized spacial score (nSPS) is 10.2. The molecule has 0 aromatic heterocycles. The summed E-state index contributed by atoms with van der Waals surface area (Å²) in [7, 11) is 3.05. The van der Waals surface area contributed by atoms with Gasteiger partial charge in [-0.2, -0.15) is 0 Å². The molecule has 0 aliphatic carbocycles. The van der Waals surface area contributed by atoms with Crippen molar-refractivity contribution in [1.82, 2.24) is 0 Å². The molecular formula is C19H21ClN2O4S. The van der Waals surface area contributed by atoms with Crippen molar-refractivity contribution < 1.29 is 19.1 Å². The molecule has 27 heavy (non-hydrogen) atoms. The first kappa shape index (κ1) is 20.9. The van der Waals surface area contributed by atoms with Crippen LogP contribution in [0.15, 0.2) is 36.4 Å². The van der Waals surface area contributed by atoms with Crippen molar-refractivity contribution in [2.45, 2.75) is 6.92 Å². The number of nitrogens with one attached hydrogen (secondary N) is 2. The van der Waals surface area contributed by atoms with Gasteiger partial charge in [-0.05, 0) is 30.7 Å². The van der Waals surface area contributed by atoms with Crippen LogP contribution in [0.3, 0.4) is 0 Å². The SMILES string of the molecule is COc1ccccc1NC(=O)CSCC(=O)Nc1cc(C)c(Cl)cc1OC. The minimum Gasteiger partial charge on any atom is -0.495 e. The molecule has 2 N–H and O–H groups in total. The maximum Gasteiger partial charge on any atom is 0.234 e. The van der Waals surface area contributed by atoms with Gasteiger partial charge in [0, 0.05) is 11.1 Å². The molecule has 8 heteroatoms. The highest BCUT2D eigenvalue weighted by atomic mass is 35.5. The summed E-state index contributed by atoms with van der Waals surface area (Å²) < 4.78 is 10.4. The smallest absolute Gasteiger partial charge is 0.234 e. The van der Waals surface area contributed by atoms with E-state index in [0.29, 0.717) is 27.9 Å². The number of benzene rings is 2. The van der Waals surface area contributed by atoms with E-state index in [0.717, 1.165) is 5.56 Å². The number of anilines is 2. The van der Waals surface area contributed by atoms with Crippen LogP contribution < -0.4 is 20.1 Å². The number of thioether (sulfide) groups is 1. The lowest BCUT2D eigenvalue weighted by molar-refractivity contribution is -0.114. The number of rotatable bonds is 8. The Hall–Kier alpha value is -2.38. The van der Waals surface area contributed by atoms with Gasteiger partial charge >= 0.3 is 0 Å². The Morgan fingerprint density at radius 3 is 2.19 bits per heavy atom. The van der Waals surface area contributed by atoms with Gasteiger partial charge in [-0.1, -0.05) is 23.7 Å². The third-order valence-electron chi connectivity index (χ3n) is 3.60. The molecule has 2 amide bonds. The van der Waals surface area contributed by atoms with E-state index in [1.807, 2.05) is 13.0 Å². The Labute approximate surface area is 167 Å². The van der Waals surface area contributed by atoms with Crippen LogP contribution in [-0.2, 0) is 9.59 Å². The van der Waals surface area contributed by atoms with Crippen molar-refractivity contribution in [3.05, 3.63) is 47.0 Å². The molecule has 2 aromatic carbocycles. The zero-order chi connectivity index (χ0) is 19.8. The number of hydrogen-bond acceptors (Lipinski definition) is 5. The molecule has 0 unspecified atom stereocenters. The summed E-state index contributed by atoms with van der Waals surface area (Å²) in [5, 5.41) is 6.10. The summed E-state index contributed by atoms with van der Waals surface area (Å²) in [4.78, 5) is 24.2. The van der Waals surface area contributed by atoms with Crippen molar-refractivity contribution >= 4 is 46.6 Å². The molecule has 0 atom stereocenters. The van der Waals surface area contributed by atoms with Crippen molar-refractivity contribution in [3.8, 4) is 11.5 Å². The third-order valence-corrected chi connectivity index (χ3v) is 4.94. The van der Waals surface area contributed by atoms with E-state index >= 15 is 0 Å². The highest BCUT2D eigenvalue weighted by Gasteiger charge is 2.12. The Morgan fingerprint density at radius 1 is 0.963 bits per heavy atom. The Balaban J connectivity index is 1.84. The number of halogens is 1. The molecule has 0 spiro atoms. The Morgan fingerprint density at radius 2 is 1.56 bits per heavy atom. The molecule has 0 aliphatic rings. The highest BCUT2D eigenvalue weighted by Crippen LogP contribution is 2.31. The molecule has 6 nitrogen and oxygen atoms in total. The molecule has 0 saturated carbocycles. The van der Waals surface area contributed by atoms with Crippen LogP contribution in [-0.4, -0.2) is 37.5 Å². The second-order valence-electron chi connectivity index (χ2n) is 5.59. The number of carbonyl (C=O) groups excluding carboxylic acids is 2. The Bertz CT molecular complexity index is 829. The van der Waals surface area contributed by atoms with Crippen molar-refractivity contribution in [2.24, 2.45) is 0 Å². The van der Waals surface area contributed by atoms with Crippen molar-refractivity contribution in [1.29, 1.82) is 0 Å². The standard InChI is InChI=1S/C19H21ClN2O4S/c1-12-8-15(17(26-3)9-13(12)20)22-19(24)11-27-10-18(23)21-14-6-4-5-7-16(14)25-2/h4-9H,10-11H2,1-3H3,(H,21,23)(H,22,24). The van der Waals surface area contributed by atoms with Gasteiger partial charge in [-0.15, -0.1) is 11.8 Å². The fourth-order valence-corrected chi connectivity index (χ4v) is 3.06. The first-order valence-electron chi connectivity index (χ1n) is 8.09. The molecule has 0 saturated heterocycles. The molecule has 144 valence electrons. The maximum absolute atomic E-state index is 12.1. The fourth-order valence-electron chi connectivity index (χ4n) is 2.29. The number of para-hydroxylation sites is 2. The van der Waals surface area contributed by atoms with E-state index in [-0.39, 0.29) is 23.3 Å². The van der Waals surface area contributed by atoms with Crippen LogP contribution in [0.2, 0.25) is 5.02 Å². The molecule has 0 heterocycles. The third kappa shape index (κ3) is 6.08. The molecule has 2 rings (SSSR count). The van der Waals surface area contributed by atoms with E-state index in [2.05, 4.69) is 10.6 Å². The first-order valence-corrected chi connectivity index (χ1v) is 9.62. The number of amides is 2. The van der Waals surface area contributed by atoms with Gasteiger partial charge in [-0.25, -0.2) is 0 Å². The largest absolute Gasteiger partial charge is 0.495 e. The summed E-state index contributed by atoms with van der Waals surface area (Å²) in [6, 6.07) is 10.5. The number of carbonyl (C=O) groups is 2.